The summed E-state index contributed by atoms with van der Waals surface area (Å²) in [4.78, 5) is 32.1. The van der Waals surface area contributed by atoms with Crippen molar-refractivity contribution in [1.29, 1.82) is 0 Å². The largest absolute Gasteiger partial charge is 0.462 e. The lowest BCUT2D eigenvalue weighted by molar-refractivity contribution is -0.0101. The summed E-state index contributed by atoms with van der Waals surface area (Å²) in [7, 11) is 0. The highest BCUT2D eigenvalue weighted by molar-refractivity contribution is 6.00. The fourth-order valence-electron chi connectivity index (χ4n) is 8.80. The Labute approximate surface area is 277 Å². The van der Waals surface area contributed by atoms with E-state index in [2.05, 4.69) is 38.3 Å². The van der Waals surface area contributed by atoms with Gasteiger partial charge in [-0.15, -0.1) is 0 Å². The molecule has 6 aliphatic rings. The third-order valence-electron chi connectivity index (χ3n) is 11.3. The monoisotopic (exact) mass is 656 g/mol. The number of fused-ring (bicyclic) bond motifs is 7. The lowest BCUT2D eigenvalue weighted by Gasteiger charge is -2.41. The number of halogens is 1. The summed E-state index contributed by atoms with van der Waals surface area (Å²) in [6, 6.07) is 2.84. The Balaban J connectivity index is 1.19. The second-order valence-electron chi connectivity index (χ2n) is 14.6. The zero-order valence-electron chi connectivity index (χ0n) is 27.4. The van der Waals surface area contributed by atoms with Crippen molar-refractivity contribution in [1.82, 2.24) is 35.4 Å². The smallest absolute Gasteiger partial charge is 0.407 e. The SMILES string of the molecule is Cc1cc2[nH]ncc2c2c1[C@@H]1C[C@@H]1CCOC(=O)N[C@]1(C)CCCN(C1)c1nc(OC[C@H]3CC[C@@H]4COCCN43)nc3c(F)c-2ncc13. The average Bonchev–Trinajstić information content (AvgIpc) is 3.46. The molecule has 252 valence electrons. The number of amides is 1. The molecule has 4 fully saturated rings. The fourth-order valence-corrected chi connectivity index (χ4v) is 8.80. The molecular formula is C35H41FN8O4. The molecule has 0 unspecified atom stereocenters. The number of rotatable bonds is 3. The normalized spacial score (nSPS) is 28.9. The Bertz CT molecular complexity index is 1920. The van der Waals surface area contributed by atoms with Crippen LogP contribution in [0.4, 0.5) is 15.0 Å². The number of aryl methyl sites for hydroxylation is 1. The summed E-state index contributed by atoms with van der Waals surface area (Å²) in [5.41, 5.74) is 3.54. The Morgan fingerprint density at radius 3 is 2.98 bits per heavy atom. The number of carbonyl (C=O) groups is 1. The van der Waals surface area contributed by atoms with Crippen molar-refractivity contribution < 1.29 is 23.4 Å². The topological polar surface area (TPSA) is 131 Å². The first kappa shape index (κ1) is 30.0. The Kier molecular flexibility index (Phi) is 7.19. The van der Waals surface area contributed by atoms with Gasteiger partial charge < -0.3 is 24.4 Å². The Morgan fingerprint density at radius 2 is 2.06 bits per heavy atom. The molecule has 4 aromatic rings. The van der Waals surface area contributed by atoms with Gasteiger partial charge in [0.05, 0.1) is 42.5 Å². The van der Waals surface area contributed by atoms with E-state index in [0.717, 1.165) is 79.3 Å². The molecule has 3 aromatic heterocycles. The Morgan fingerprint density at radius 1 is 1.15 bits per heavy atom. The number of benzene rings is 1. The summed E-state index contributed by atoms with van der Waals surface area (Å²) in [5.74, 6) is 0.559. The number of anilines is 1. The van der Waals surface area contributed by atoms with Gasteiger partial charge in [0, 0.05) is 48.9 Å². The van der Waals surface area contributed by atoms with Gasteiger partial charge in [-0.3, -0.25) is 15.0 Å². The van der Waals surface area contributed by atoms with Crippen molar-refractivity contribution in [2.45, 2.75) is 75.9 Å². The summed E-state index contributed by atoms with van der Waals surface area (Å²) in [6.45, 7) is 8.30. The number of aromatic amines is 1. The first-order chi connectivity index (χ1) is 23.3. The van der Waals surface area contributed by atoms with Crippen LogP contribution in [0.3, 0.4) is 0 Å². The number of ether oxygens (including phenoxy) is 3. The van der Waals surface area contributed by atoms with Crippen LogP contribution in [-0.2, 0) is 9.47 Å². The lowest BCUT2D eigenvalue weighted by atomic mass is 9.90. The molecule has 48 heavy (non-hydrogen) atoms. The molecule has 1 aliphatic carbocycles. The van der Waals surface area contributed by atoms with Crippen LogP contribution in [0, 0.1) is 18.7 Å². The number of piperidine rings is 1. The van der Waals surface area contributed by atoms with Gasteiger partial charge in [0.1, 0.15) is 23.6 Å². The molecule has 1 aromatic carbocycles. The van der Waals surface area contributed by atoms with Crippen molar-refractivity contribution in [3.8, 4) is 17.3 Å². The number of alkyl carbamates (subject to hydrolysis) is 1. The second kappa shape index (κ2) is 11.5. The van der Waals surface area contributed by atoms with Crippen LogP contribution in [0.25, 0.3) is 33.1 Å². The van der Waals surface area contributed by atoms with Gasteiger partial charge in [0.25, 0.3) is 0 Å². The van der Waals surface area contributed by atoms with Crippen molar-refractivity contribution in [2.75, 3.05) is 51.0 Å². The molecule has 2 N–H and O–H groups in total. The molecule has 13 heteroatoms. The van der Waals surface area contributed by atoms with Gasteiger partial charge in [0.2, 0.25) is 0 Å². The number of hydrogen-bond donors (Lipinski definition) is 2. The molecule has 6 bridgehead atoms. The number of H-pyrrole nitrogens is 1. The molecule has 1 saturated carbocycles. The van der Waals surface area contributed by atoms with Gasteiger partial charge >= 0.3 is 12.1 Å². The first-order valence-electron chi connectivity index (χ1n) is 17.3. The molecule has 5 atom stereocenters. The molecule has 3 saturated heterocycles. The molecule has 5 aliphatic heterocycles. The van der Waals surface area contributed by atoms with Gasteiger partial charge in [-0.1, -0.05) is 0 Å². The van der Waals surface area contributed by atoms with E-state index in [-0.39, 0.29) is 29.2 Å². The van der Waals surface area contributed by atoms with Crippen LogP contribution in [0.15, 0.2) is 18.5 Å². The number of nitrogens with zero attached hydrogens (tertiary/aromatic N) is 6. The predicted molar refractivity (Wildman–Crippen MR) is 177 cm³/mol. The van der Waals surface area contributed by atoms with Crippen molar-refractivity contribution in [3.05, 3.63) is 35.4 Å². The number of carbonyl (C=O) groups excluding carboxylic acids is 1. The van der Waals surface area contributed by atoms with Crippen LogP contribution in [0.1, 0.15) is 62.5 Å². The van der Waals surface area contributed by atoms with Crippen LogP contribution in [-0.4, -0.2) is 99.8 Å². The molecule has 1 amide bonds. The fraction of sp³-hybridized carbons (Fsp3) is 0.571. The maximum Gasteiger partial charge on any atom is 0.407 e. The maximum absolute atomic E-state index is 17.2. The van der Waals surface area contributed by atoms with Crippen molar-refractivity contribution in [2.24, 2.45) is 5.92 Å². The van der Waals surface area contributed by atoms with Gasteiger partial charge in [-0.05, 0) is 81.4 Å². The van der Waals surface area contributed by atoms with Crippen LogP contribution in [0.2, 0.25) is 0 Å². The summed E-state index contributed by atoms with van der Waals surface area (Å²) in [5, 5.41) is 11.9. The number of pyridine rings is 1. The standard InChI is InChI=1S/C35H41FN8O4/c1-19-12-26-24(15-38-42-26)28-27(19)23-13-20(23)6-10-47-34(45)41-35(2)7-3-8-43(18-35)32-25-14-37-31(28)29(36)30(25)39-33(40-32)48-17-22-5-4-21-16-46-11-9-44(21)22/h12,14-15,20-23H,3-11,13,16-18H2,1-2H3,(H,38,42)(H,41,45)/t20-,21+,22+,23+,35+/m0/s1. The summed E-state index contributed by atoms with van der Waals surface area (Å²) < 4.78 is 35.0. The van der Waals surface area contributed by atoms with E-state index < -0.39 is 17.4 Å². The third-order valence-corrected chi connectivity index (χ3v) is 11.3. The molecule has 0 radical (unpaired) electrons. The maximum atomic E-state index is 17.2. The number of aromatic nitrogens is 5. The second-order valence-corrected chi connectivity index (χ2v) is 14.6. The first-order valence-corrected chi connectivity index (χ1v) is 17.3. The molecule has 12 nitrogen and oxygen atoms in total. The molecule has 10 rings (SSSR count). The molecule has 0 spiro atoms. The van der Waals surface area contributed by atoms with E-state index in [1.165, 1.54) is 0 Å². The van der Waals surface area contributed by atoms with Crippen molar-refractivity contribution in [3.63, 3.8) is 0 Å². The zero-order chi connectivity index (χ0) is 32.6. The zero-order valence-corrected chi connectivity index (χ0v) is 27.4. The summed E-state index contributed by atoms with van der Waals surface area (Å²) in [6.07, 6.45) is 8.36. The van der Waals surface area contributed by atoms with E-state index in [4.69, 9.17) is 29.2 Å². The highest BCUT2D eigenvalue weighted by Crippen LogP contribution is 2.54. The highest BCUT2D eigenvalue weighted by atomic mass is 19.1. The minimum atomic E-state index is -0.564. The minimum absolute atomic E-state index is 0.142. The third kappa shape index (κ3) is 5.13. The van der Waals surface area contributed by atoms with Crippen LogP contribution in [0.5, 0.6) is 6.01 Å². The highest BCUT2D eigenvalue weighted by Gasteiger charge is 2.42. The minimum Gasteiger partial charge on any atom is -0.462 e. The van der Waals surface area contributed by atoms with E-state index in [9.17, 15) is 4.79 Å². The lowest BCUT2D eigenvalue weighted by Crippen LogP contribution is -2.57. The van der Waals surface area contributed by atoms with Crippen LogP contribution < -0.4 is 15.0 Å². The number of nitrogens with one attached hydrogen (secondary N) is 2. The average molecular weight is 657 g/mol. The predicted octanol–water partition coefficient (Wildman–Crippen LogP) is 4.85. The molecular weight excluding hydrogens is 615 g/mol. The van der Waals surface area contributed by atoms with Gasteiger partial charge in [0.15, 0.2) is 5.82 Å². The Hall–Kier alpha value is -4.10. The van der Waals surface area contributed by atoms with E-state index in [0.29, 0.717) is 56.1 Å². The van der Waals surface area contributed by atoms with Gasteiger partial charge in [-0.25, -0.2) is 9.18 Å². The van der Waals surface area contributed by atoms with Gasteiger partial charge in [-0.2, -0.15) is 15.1 Å². The van der Waals surface area contributed by atoms with E-state index in [1.807, 2.05) is 6.92 Å². The van der Waals surface area contributed by atoms with E-state index in [1.54, 1.807) is 12.4 Å². The molecule has 8 heterocycles. The number of morpholine rings is 1. The van der Waals surface area contributed by atoms with E-state index >= 15 is 4.39 Å². The van der Waals surface area contributed by atoms with Crippen LogP contribution >= 0.6 is 0 Å². The summed E-state index contributed by atoms with van der Waals surface area (Å²) >= 11 is 0. The number of hydrogen-bond acceptors (Lipinski definition) is 10. The quantitative estimate of drug-likeness (QED) is 0.316. The van der Waals surface area contributed by atoms with Crippen molar-refractivity contribution >= 4 is 33.7 Å².